The van der Waals surface area contributed by atoms with Gasteiger partial charge in [0.2, 0.25) is 10.0 Å². The third kappa shape index (κ3) is 5.37. The van der Waals surface area contributed by atoms with Gasteiger partial charge in [-0.2, -0.15) is 4.31 Å². The van der Waals surface area contributed by atoms with Crippen molar-refractivity contribution >= 4 is 15.9 Å². The second-order valence-corrected chi connectivity index (χ2v) is 9.56. The highest BCUT2D eigenvalue weighted by Gasteiger charge is 2.31. The van der Waals surface area contributed by atoms with Gasteiger partial charge >= 0.3 is 0 Å². The zero-order chi connectivity index (χ0) is 22.4. The predicted octanol–water partition coefficient (Wildman–Crippen LogP) is 3.24. The van der Waals surface area contributed by atoms with E-state index in [0.29, 0.717) is 30.8 Å². The van der Waals surface area contributed by atoms with Gasteiger partial charge in [0, 0.05) is 24.7 Å². The Morgan fingerprint density at radius 2 is 1.94 bits per heavy atom. The first-order chi connectivity index (χ1) is 14.9. The molecule has 0 bridgehead atoms. The molecule has 168 valence electrons. The van der Waals surface area contributed by atoms with Crippen LogP contribution in [0, 0.1) is 0 Å². The third-order valence-corrected chi connectivity index (χ3v) is 7.62. The summed E-state index contributed by atoms with van der Waals surface area (Å²) in [7, 11) is -0.432. The van der Waals surface area contributed by atoms with E-state index in [1.165, 1.54) is 6.07 Å². The fourth-order valence-electron chi connectivity index (χ4n) is 3.85. The number of benzene rings is 2. The lowest BCUT2D eigenvalue weighted by molar-refractivity contribution is 0.0954. The van der Waals surface area contributed by atoms with Crippen molar-refractivity contribution in [2.24, 2.45) is 0 Å². The molecule has 2 aromatic rings. The van der Waals surface area contributed by atoms with Gasteiger partial charge in [0.1, 0.15) is 11.5 Å². The highest BCUT2D eigenvalue weighted by molar-refractivity contribution is 7.89. The number of ether oxygens (including phenoxy) is 2. The van der Waals surface area contributed by atoms with Crippen LogP contribution < -0.4 is 14.8 Å². The molecule has 1 atom stereocenters. The Morgan fingerprint density at radius 3 is 2.65 bits per heavy atom. The first kappa shape index (κ1) is 23.1. The van der Waals surface area contributed by atoms with Crippen molar-refractivity contribution < 1.29 is 22.7 Å². The van der Waals surface area contributed by atoms with E-state index in [9.17, 15) is 13.2 Å². The largest absolute Gasteiger partial charge is 0.497 e. The Kier molecular flexibility index (Phi) is 7.56. The number of methoxy groups -OCH3 is 2. The van der Waals surface area contributed by atoms with Crippen molar-refractivity contribution in [3.63, 3.8) is 0 Å². The second kappa shape index (κ2) is 10.2. The first-order valence-electron chi connectivity index (χ1n) is 10.5. The SMILES string of the molecule is COc1ccc(OC)c(CCNC(=O)c2cccc(S(=O)(=O)N3CCCCC3C)c2)c1. The van der Waals surface area contributed by atoms with Gasteiger partial charge in [0.15, 0.2) is 0 Å². The fraction of sp³-hybridized carbons (Fsp3) is 0.435. The Hall–Kier alpha value is -2.58. The van der Waals surface area contributed by atoms with Gasteiger partial charge in [-0.1, -0.05) is 12.5 Å². The number of nitrogens with one attached hydrogen (secondary N) is 1. The average molecular weight is 447 g/mol. The Morgan fingerprint density at radius 1 is 1.13 bits per heavy atom. The molecule has 3 rings (SSSR count). The van der Waals surface area contributed by atoms with E-state index >= 15 is 0 Å². The maximum Gasteiger partial charge on any atom is 0.251 e. The van der Waals surface area contributed by atoms with E-state index in [0.717, 1.165) is 30.6 Å². The monoisotopic (exact) mass is 446 g/mol. The minimum absolute atomic E-state index is 0.0333. The molecule has 0 aromatic heterocycles. The quantitative estimate of drug-likeness (QED) is 0.673. The van der Waals surface area contributed by atoms with Crippen LogP contribution in [0.4, 0.5) is 0 Å². The molecule has 1 heterocycles. The standard InChI is InChI=1S/C23H30N2O5S/c1-17-7-4-5-14-25(17)31(27,28)21-9-6-8-19(16-21)23(26)24-13-12-18-15-20(29-2)10-11-22(18)30-3/h6,8-11,15-17H,4-5,7,12-14H2,1-3H3,(H,24,26). The van der Waals surface area contributed by atoms with Crippen LogP contribution in [-0.2, 0) is 16.4 Å². The van der Waals surface area contributed by atoms with Gasteiger partial charge in [-0.15, -0.1) is 0 Å². The number of rotatable bonds is 8. The Bertz CT molecular complexity index is 1020. The summed E-state index contributed by atoms with van der Waals surface area (Å²) in [5.74, 6) is 1.12. The van der Waals surface area contributed by atoms with Crippen LogP contribution in [0.25, 0.3) is 0 Å². The maximum absolute atomic E-state index is 13.1. The number of carbonyl (C=O) groups is 1. The normalized spacial score (nSPS) is 17.2. The van der Waals surface area contributed by atoms with E-state index in [4.69, 9.17) is 9.47 Å². The smallest absolute Gasteiger partial charge is 0.251 e. The van der Waals surface area contributed by atoms with Crippen molar-refractivity contribution in [2.45, 2.75) is 43.5 Å². The molecule has 31 heavy (non-hydrogen) atoms. The van der Waals surface area contributed by atoms with E-state index in [2.05, 4.69) is 5.32 Å². The van der Waals surface area contributed by atoms with Crippen molar-refractivity contribution in [1.82, 2.24) is 9.62 Å². The molecule has 7 nitrogen and oxygen atoms in total. The summed E-state index contributed by atoms with van der Waals surface area (Å²) >= 11 is 0. The zero-order valence-corrected chi connectivity index (χ0v) is 19.1. The van der Waals surface area contributed by atoms with Gasteiger partial charge in [0.25, 0.3) is 5.91 Å². The minimum atomic E-state index is -3.62. The number of amides is 1. The molecule has 1 saturated heterocycles. The summed E-state index contributed by atoms with van der Waals surface area (Å²) in [5, 5.41) is 2.86. The molecule has 0 spiro atoms. The third-order valence-electron chi connectivity index (χ3n) is 5.61. The van der Waals surface area contributed by atoms with Crippen LogP contribution in [0.1, 0.15) is 42.1 Å². The molecule has 1 aliphatic rings. The summed E-state index contributed by atoms with van der Waals surface area (Å²) in [6, 6.07) is 11.7. The predicted molar refractivity (Wildman–Crippen MR) is 119 cm³/mol. The van der Waals surface area contributed by atoms with Crippen LogP contribution in [-0.4, -0.2) is 52.0 Å². The summed E-state index contributed by atoms with van der Waals surface area (Å²) in [4.78, 5) is 12.8. The molecule has 1 fully saturated rings. The maximum atomic E-state index is 13.1. The number of hydrogen-bond donors (Lipinski definition) is 1. The number of hydrogen-bond acceptors (Lipinski definition) is 5. The molecule has 1 aliphatic heterocycles. The van der Waals surface area contributed by atoms with E-state index < -0.39 is 10.0 Å². The lowest BCUT2D eigenvalue weighted by atomic mass is 10.1. The van der Waals surface area contributed by atoms with Crippen LogP contribution in [0.5, 0.6) is 11.5 Å². The molecule has 2 aromatic carbocycles. The lowest BCUT2D eigenvalue weighted by Gasteiger charge is -2.32. The zero-order valence-electron chi connectivity index (χ0n) is 18.3. The fourth-order valence-corrected chi connectivity index (χ4v) is 5.60. The van der Waals surface area contributed by atoms with Crippen molar-refractivity contribution in [3.05, 3.63) is 53.6 Å². The van der Waals surface area contributed by atoms with Gasteiger partial charge in [-0.05, 0) is 68.1 Å². The van der Waals surface area contributed by atoms with E-state index in [1.807, 2.05) is 25.1 Å². The van der Waals surface area contributed by atoms with Gasteiger partial charge in [-0.3, -0.25) is 4.79 Å². The molecular weight excluding hydrogens is 416 g/mol. The summed E-state index contributed by atoms with van der Waals surface area (Å²) in [5.41, 5.74) is 1.24. The van der Waals surface area contributed by atoms with Crippen LogP contribution in [0.15, 0.2) is 47.4 Å². The molecule has 1 unspecified atom stereocenters. The highest BCUT2D eigenvalue weighted by atomic mass is 32.2. The Balaban J connectivity index is 1.68. The van der Waals surface area contributed by atoms with Gasteiger partial charge in [0.05, 0.1) is 19.1 Å². The molecule has 0 aliphatic carbocycles. The van der Waals surface area contributed by atoms with Crippen LogP contribution in [0.2, 0.25) is 0 Å². The van der Waals surface area contributed by atoms with Crippen molar-refractivity contribution in [1.29, 1.82) is 0 Å². The average Bonchev–Trinajstić information content (AvgIpc) is 2.79. The topological polar surface area (TPSA) is 84.9 Å². The van der Waals surface area contributed by atoms with E-state index in [-0.39, 0.29) is 16.8 Å². The second-order valence-electron chi connectivity index (χ2n) is 7.67. The van der Waals surface area contributed by atoms with Crippen molar-refractivity contribution in [3.8, 4) is 11.5 Å². The van der Waals surface area contributed by atoms with Gasteiger partial charge in [-0.25, -0.2) is 8.42 Å². The minimum Gasteiger partial charge on any atom is -0.497 e. The molecule has 1 N–H and O–H groups in total. The number of sulfonamides is 1. The number of nitrogens with zero attached hydrogens (tertiary/aromatic N) is 1. The van der Waals surface area contributed by atoms with Crippen LogP contribution >= 0.6 is 0 Å². The summed E-state index contributed by atoms with van der Waals surface area (Å²) in [6.07, 6.45) is 3.30. The lowest BCUT2D eigenvalue weighted by Crippen LogP contribution is -2.42. The van der Waals surface area contributed by atoms with Gasteiger partial charge < -0.3 is 14.8 Å². The summed E-state index contributed by atoms with van der Waals surface area (Å²) in [6.45, 7) is 2.82. The first-order valence-corrected chi connectivity index (χ1v) is 11.9. The molecule has 0 saturated carbocycles. The highest BCUT2D eigenvalue weighted by Crippen LogP contribution is 2.26. The van der Waals surface area contributed by atoms with Crippen LogP contribution in [0.3, 0.4) is 0 Å². The molecule has 1 amide bonds. The molecular formula is C23H30N2O5S. The molecule has 8 heteroatoms. The molecule has 0 radical (unpaired) electrons. The van der Waals surface area contributed by atoms with E-state index in [1.54, 1.807) is 36.7 Å². The van der Waals surface area contributed by atoms with Crippen molar-refractivity contribution in [2.75, 3.05) is 27.3 Å². The Labute approximate surface area is 184 Å². The summed E-state index contributed by atoms with van der Waals surface area (Å²) < 4.78 is 38.3. The number of piperidine rings is 1. The number of carbonyl (C=O) groups excluding carboxylic acids is 1.